The van der Waals surface area contributed by atoms with Crippen molar-refractivity contribution >= 4 is 37.6 Å². The molecule has 5 N–H and O–H groups in total. The van der Waals surface area contributed by atoms with Crippen LogP contribution in [0.15, 0.2) is 21.1 Å². The van der Waals surface area contributed by atoms with E-state index >= 15 is 0 Å². The van der Waals surface area contributed by atoms with E-state index in [9.17, 15) is 0 Å². The third kappa shape index (κ3) is 1.38. The van der Waals surface area contributed by atoms with Crippen molar-refractivity contribution in [1.82, 2.24) is 0 Å². The number of hydrogen-bond acceptors (Lipinski definition) is 0. The SMILES string of the molecule is [NH2+]=C1C(Br)=CC=C(Br)C1[NH3+]. The van der Waals surface area contributed by atoms with Gasteiger partial charge in [0, 0.05) is 0 Å². The Morgan fingerprint density at radius 2 is 2.00 bits per heavy atom. The maximum absolute atomic E-state index is 5.68. The Kier molecular flexibility index (Phi) is 2.44. The fourth-order valence-electron chi connectivity index (χ4n) is 0.680. The molecule has 4 heteroatoms. The van der Waals surface area contributed by atoms with Gasteiger partial charge in [0.1, 0.15) is 0 Å². The Hall–Kier alpha value is 0.0700. The van der Waals surface area contributed by atoms with Crippen LogP contribution in [0.3, 0.4) is 0 Å². The van der Waals surface area contributed by atoms with Crippen LogP contribution < -0.4 is 11.1 Å². The summed E-state index contributed by atoms with van der Waals surface area (Å²) in [4.78, 5) is 0. The molecule has 0 aromatic heterocycles. The molecule has 0 aromatic carbocycles. The molecule has 0 amide bonds. The summed E-state index contributed by atoms with van der Waals surface area (Å²) in [6.45, 7) is 0. The molecule has 54 valence electrons. The van der Waals surface area contributed by atoms with Gasteiger partial charge in [-0.3, -0.25) is 5.41 Å². The first-order valence-electron chi connectivity index (χ1n) is 2.81. The zero-order chi connectivity index (χ0) is 7.72. The monoisotopic (exact) mass is 266 g/mol. The number of nitrogens with two attached hydrogens (primary N) is 1. The van der Waals surface area contributed by atoms with Crippen LogP contribution in [0.5, 0.6) is 0 Å². The van der Waals surface area contributed by atoms with Crippen molar-refractivity contribution in [3.63, 3.8) is 0 Å². The van der Waals surface area contributed by atoms with Crippen molar-refractivity contribution in [2.75, 3.05) is 0 Å². The Morgan fingerprint density at radius 1 is 1.40 bits per heavy atom. The van der Waals surface area contributed by atoms with E-state index in [1.807, 2.05) is 12.2 Å². The fourth-order valence-corrected chi connectivity index (χ4v) is 1.47. The molecular formula is C6H8Br2N2+2. The van der Waals surface area contributed by atoms with E-state index in [1.165, 1.54) is 0 Å². The molecule has 1 unspecified atom stereocenters. The lowest BCUT2D eigenvalue weighted by molar-refractivity contribution is -0.387. The third-order valence-corrected chi connectivity index (χ3v) is 2.91. The van der Waals surface area contributed by atoms with Gasteiger partial charge in [-0.25, -0.2) is 0 Å². The van der Waals surface area contributed by atoms with Gasteiger partial charge in [-0.15, -0.1) is 0 Å². The first-order chi connectivity index (χ1) is 4.63. The fraction of sp³-hybridized carbons (Fsp3) is 0.167. The summed E-state index contributed by atoms with van der Waals surface area (Å²) >= 11 is 6.67. The molecule has 0 fully saturated rings. The molecule has 0 bridgehead atoms. The molecule has 1 atom stereocenters. The summed E-state index contributed by atoms with van der Waals surface area (Å²) in [5, 5.41) is 5.68. The first-order valence-corrected chi connectivity index (χ1v) is 4.40. The van der Waals surface area contributed by atoms with E-state index in [1.54, 1.807) is 0 Å². The van der Waals surface area contributed by atoms with Crippen LogP contribution in [0.1, 0.15) is 0 Å². The quantitative estimate of drug-likeness (QED) is 0.587. The average Bonchev–Trinajstić information content (AvgIpc) is 1.93. The van der Waals surface area contributed by atoms with Gasteiger partial charge in [-0.2, -0.15) is 0 Å². The largest absolute Gasteiger partial charge is 0.342 e. The van der Waals surface area contributed by atoms with Crippen LogP contribution in [0.25, 0.3) is 0 Å². The molecule has 0 radical (unpaired) electrons. The van der Waals surface area contributed by atoms with Gasteiger partial charge in [0.25, 0.3) is 5.71 Å². The lowest BCUT2D eigenvalue weighted by atomic mass is 10.1. The summed E-state index contributed by atoms with van der Waals surface area (Å²) in [6.07, 6.45) is 3.85. The lowest BCUT2D eigenvalue weighted by Gasteiger charge is -2.07. The van der Waals surface area contributed by atoms with Crippen LogP contribution >= 0.6 is 31.9 Å². The third-order valence-electron chi connectivity index (χ3n) is 1.37. The smallest absolute Gasteiger partial charge is 0.250 e. The van der Waals surface area contributed by atoms with Crippen molar-refractivity contribution in [2.45, 2.75) is 6.04 Å². The second-order valence-electron chi connectivity index (χ2n) is 2.07. The van der Waals surface area contributed by atoms with E-state index in [2.05, 4.69) is 37.6 Å². The van der Waals surface area contributed by atoms with Gasteiger partial charge < -0.3 is 5.73 Å². The highest BCUT2D eigenvalue weighted by atomic mass is 79.9. The maximum atomic E-state index is 5.68. The molecule has 1 aliphatic carbocycles. The van der Waals surface area contributed by atoms with Gasteiger partial charge in [0.15, 0.2) is 0 Å². The average molecular weight is 268 g/mol. The highest BCUT2D eigenvalue weighted by Crippen LogP contribution is 2.19. The Morgan fingerprint density at radius 3 is 2.50 bits per heavy atom. The Bertz CT molecular complexity index is 228. The number of halogens is 2. The number of allylic oxidation sites excluding steroid dienone is 2. The highest BCUT2D eigenvalue weighted by Gasteiger charge is 2.26. The minimum absolute atomic E-state index is 0.0550. The van der Waals surface area contributed by atoms with Crippen LogP contribution in [-0.4, -0.2) is 11.8 Å². The molecule has 10 heavy (non-hydrogen) atoms. The molecule has 0 heterocycles. The number of hydrogen-bond donors (Lipinski definition) is 2. The molecule has 0 saturated carbocycles. The molecule has 0 saturated heterocycles. The molecule has 1 aliphatic rings. The van der Waals surface area contributed by atoms with E-state index < -0.39 is 0 Å². The van der Waals surface area contributed by atoms with Gasteiger partial charge in [0.2, 0.25) is 6.04 Å². The summed E-state index contributed by atoms with van der Waals surface area (Å²) in [6, 6.07) is 0.0550. The van der Waals surface area contributed by atoms with Crippen molar-refractivity contribution < 1.29 is 11.1 Å². The summed E-state index contributed by atoms with van der Waals surface area (Å²) in [7, 11) is 0. The van der Waals surface area contributed by atoms with Gasteiger partial charge in [0.05, 0.1) is 8.96 Å². The molecule has 0 aromatic rings. The molecule has 0 spiro atoms. The van der Waals surface area contributed by atoms with E-state index in [4.69, 9.17) is 5.41 Å². The first kappa shape index (κ1) is 8.17. The topological polar surface area (TPSA) is 53.2 Å². The zero-order valence-corrected chi connectivity index (χ0v) is 8.44. The number of quaternary nitrogens is 1. The Labute approximate surface area is 75.9 Å². The predicted molar refractivity (Wildman–Crippen MR) is 47.6 cm³/mol. The van der Waals surface area contributed by atoms with Gasteiger partial charge in [-0.05, 0) is 44.0 Å². The van der Waals surface area contributed by atoms with E-state index in [-0.39, 0.29) is 6.04 Å². The minimum atomic E-state index is 0.0550. The van der Waals surface area contributed by atoms with Gasteiger partial charge >= 0.3 is 0 Å². The lowest BCUT2D eigenvalue weighted by Crippen LogP contribution is -2.71. The van der Waals surface area contributed by atoms with Crippen LogP contribution in [0.2, 0.25) is 0 Å². The van der Waals surface area contributed by atoms with Crippen molar-refractivity contribution in [3.8, 4) is 0 Å². The van der Waals surface area contributed by atoms with Gasteiger partial charge in [-0.1, -0.05) is 0 Å². The highest BCUT2D eigenvalue weighted by molar-refractivity contribution is 9.12. The Balaban J connectivity index is 2.97. The predicted octanol–water partition coefficient (Wildman–Crippen LogP) is -0.632. The second kappa shape index (κ2) is 2.98. The van der Waals surface area contributed by atoms with Crippen molar-refractivity contribution in [1.29, 1.82) is 0 Å². The van der Waals surface area contributed by atoms with Crippen LogP contribution in [0, 0.1) is 0 Å². The molecule has 2 nitrogen and oxygen atoms in total. The van der Waals surface area contributed by atoms with Crippen LogP contribution in [0.4, 0.5) is 0 Å². The molecular weight excluding hydrogens is 260 g/mol. The van der Waals surface area contributed by atoms with E-state index in [0.717, 1.165) is 14.7 Å². The standard InChI is InChI=1S/C6H6Br2N2/c7-3-1-2-4(8)6(10)5(3)9/h1-2,5,10H,9H2/p+2. The van der Waals surface area contributed by atoms with Crippen molar-refractivity contribution in [3.05, 3.63) is 21.1 Å². The normalized spacial score (nSPS) is 25.9. The summed E-state index contributed by atoms with van der Waals surface area (Å²) in [5.74, 6) is 0. The van der Waals surface area contributed by atoms with E-state index in [0.29, 0.717) is 0 Å². The number of rotatable bonds is 0. The van der Waals surface area contributed by atoms with Crippen molar-refractivity contribution in [2.24, 2.45) is 0 Å². The maximum Gasteiger partial charge on any atom is 0.250 e. The molecule has 1 rings (SSSR count). The minimum Gasteiger partial charge on any atom is -0.342 e. The van der Waals surface area contributed by atoms with Crippen LogP contribution in [-0.2, 0) is 0 Å². The zero-order valence-electron chi connectivity index (χ0n) is 5.27. The molecule has 0 aliphatic heterocycles. The second-order valence-corrected chi connectivity index (χ2v) is 3.84. The summed E-state index contributed by atoms with van der Waals surface area (Å²) < 4.78 is 1.95. The summed E-state index contributed by atoms with van der Waals surface area (Å²) in [5.41, 5.74) is 4.63.